The lowest BCUT2D eigenvalue weighted by atomic mass is 9.78. The van der Waals surface area contributed by atoms with E-state index >= 15 is 0 Å². The minimum Gasteiger partial charge on any atom is -0.497 e. The fourth-order valence-electron chi connectivity index (χ4n) is 4.69. The average Bonchev–Trinajstić information content (AvgIpc) is 3.21. The van der Waals surface area contributed by atoms with Gasteiger partial charge in [0.25, 0.3) is 0 Å². The second kappa shape index (κ2) is 10.7. The summed E-state index contributed by atoms with van der Waals surface area (Å²) in [6.45, 7) is 5.91. The third kappa shape index (κ3) is 4.93. The van der Waals surface area contributed by atoms with E-state index in [9.17, 15) is 4.79 Å². The molecule has 36 heavy (non-hydrogen) atoms. The molecule has 188 valence electrons. The zero-order valence-corrected chi connectivity index (χ0v) is 22.7. The van der Waals surface area contributed by atoms with Crippen LogP contribution in [-0.4, -0.2) is 29.3 Å². The normalized spacial score (nSPS) is 19.4. The summed E-state index contributed by atoms with van der Waals surface area (Å²) in [7, 11) is 1.59. The Morgan fingerprint density at radius 1 is 1.03 bits per heavy atom. The first-order valence-corrected chi connectivity index (χ1v) is 12.8. The van der Waals surface area contributed by atoms with E-state index < -0.39 is 16.9 Å². The van der Waals surface area contributed by atoms with E-state index in [4.69, 9.17) is 49.3 Å². The van der Waals surface area contributed by atoms with Gasteiger partial charge in [-0.15, -0.1) is 0 Å². The van der Waals surface area contributed by atoms with Gasteiger partial charge >= 0.3 is 5.37 Å². The molecule has 0 radical (unpaired) electrons. The van der Waals surface area contributed by atoms with E-state index in [0.717, 1.165) is 11.1 Å². The predicted molar refractivity (Wildman–Crippen MR) is 146 cm³/mol. The molecule has 0 N–H and O–H groups in total. The van der Waals surface area contributed by atoms with E-state index in [0.29, 0.717) is 39.4 Å². The number of amidine groups is 1. The van der Waals surface area contributed by atoms with Gasteiger partial charge in [0.05, 0.1) is 24.8 Å². The van der Waals surface area contributed by atoms with Crippen LogP contribution in [0.1, 0.15) is 49.9 Å². The van der Waals surface area contributed by atoms with Gasteiger partial charge in [-0.1, -0.05) is 54.4 Å². The number of amides is 1. The first-order valence-electron chi connectivity index (χ1n) is 11.6. The van der Waals surface area contributed by atoms with E-state index in [-0.39, 0.29) is 6.10 Å². The molecule has 4 rings (SSSR count). The second-order valence-electron chi connectivity index (χ2n) is 8.83. The summed E-state index contributed by atoms with van der Waals surface area (Å²) in [6.07, 6.45) is 0.472. The van der Waals surface area contributed by atoms with Crippen molar-refractivity contribution in [2.75, 3.05) is 7.11 Å². The summed E-state index contributed by atoms with van der Waals surface area (Å²) in [5, 5.41) is 0.561. The van der Waals surface area contributed by atoms with Crippen LogP contribution in [0.3, 0.4) is 0 Å². The number of aliphatic imine (C=N–C) groups is 1. The van der Waals surface area contributed by atoms with E-state index in [2.05, 4.69) is 0 Å². The Hall–Kier alpha value is -2.73. The lowest BCUT2D eigenvalue weighted by molar-refractivity contribution is 0.210. The number of nitrogens with zero attached hydrogens (tertiary/aromatic N) is 2. The van der Waals surface area contributed by atoms with Crippen molar-refractivity contribution in [1.29, 1.82) is 0 Å². The third-order valence-corrected chi connectivity index (χ3v) is 6.98. The Kier molecular flexibility index (Phi) is 7.84. The summed E-state index contributed by atoms with van der Waals surface area (Å²) in [4.78, 5) is 19.9. The summed E-state index contributed by atoms with van der Waals surface area (Å²) in [6, 6.07) is 19.9. The minimum absolute atomic E-state index is 0.114. The lowest BCUT2D eigenvalue weighted by Crippen LogP contribution is -2.40. The molecule has 0 fully saturated rings. The van der Waals surface area contributed by atoms with Crippen molar-refractivity contribution in [2.24, 2.45) is 4.99 Å². The molecule has 1 amide bonds. The highest BCUT2D eigenvalue weighted by molar-refractivity contribution is 6.64. The summed E-state index contributed by atoms with van der Waals surface area (Å²) in [5.74, 6) is 1.60. The standard InChI is InChI=1S/C28H27Cl3N2O3/c1-5-28(19-8-12-21(30)13-9-19)25(18-6-10-20(29)11-7-18)33(27(31)34)26(32-28)23-15-14-22(35-4)16-24(23)36-17(2)3/h6-17,25H,5H2,1-4H3. The van der Waals surface area contributed by atoms with Crippen molar-refractivity contribution in [2.45, 2.75) is 44.9 Å². The second-order valence-corrected chi connectivity index (χ2v) is 10.0. The van der Waals surface area contributed by atoms with E-state index in [1.54, 1.807) is 25.3 Å². The van der Waals surface area contributed by atoms with Crippen molar-refractivity contribution < 1.29 is 14.3 Å². The SMILES string of the molecule is CCC1(c2ccc(Cl)cc2)N=C(c2ccc(OC)cc2OC(C)C)N(C(=O)Cl)C1c1ccc(Cl)cc1. The van der Waals surface area contributed by atoms with Crippen LogP contribution in [0.5, 0.6) is 11.5 Å². The van der Waals surface area contributed by atoms with E-state index in [1.165, 1.54) is 4.90 Å². The lowest BCUT2D eigenvalue weighted by Gasteiger charge is -2.36. The predicted octanol–water partition coefficient (Wildman–Crippen LogP) is 8.26. The first kappa shape index (κ1) is 26.3. The summed E-state index contributed by atoms with van der Waals surface area (Å²) >= 11 is 18.7. The third-order valence-electron chi connectivity index (χ3n) is 6.29. The summed E-state index contributed by atoms with van der Waals surface area (Å²) < 4.78 is 11.6. The Labute approximate surface area is 226 Å². The van der Waals surface area contributed by atoms with Gasteiger partial charge in [-0.2, -0.15) is 0 Å². The topological polar surface area (TPSA) is 51.1 Å². The fraction of sp³-hybridized carbons (Fsp3) is 0.286. The number of carbonyl (C=O) groups is 1. The minimum atomic E-state index is -0.840. The largest absolute Gasteiger partial charge is 0.497 e. The number of rotatable bonds is 7. The maximum atomic E-state index is 13.1. The first-order chi connectivity index (χ1) is 17.2. The van der Waals surface area contributed by atoms with Crippen LogP contribution >= 0.6 is 34.8 Å². The average molecular weight is 546 g/mol. The molecule has 3 aromatic carbocycles. The number of hydrogen-bond acceptors (Lipinski definition) is 4. The molecule has 0 aliphatic carbocycles. The Morgan fingerprint density at radius 3 is 2.17 bits per heavy atom. The molecule has 0 saturated heterocycles. The molecule has 1 aliphatic heterocycles. The van der Waals surface area contributed by atoms with Crippen molar-refractivity contribution >= 4 is 46.0 Å². The van der Waals surface area contributed by atoms with Gasteiger partial charge in [0.2, 0.25) is 0 Å². The maximum absolute atomic E-state index is 13.1. The Morgan fingerprint density at radius 2 is 1.64 bits per heavy atom. The van der Waals surface area contributed by atoms with Crippen LogP contribution in [0.2, 0.25) is 10.0 Å². The van der Waals surface area contributed by atoms with Crippen LogP contribution < -0.4 is 9.47 Å². The number of benzene rings is 3. The van der Waals surface area contributed by atoms with Crippen LogP contribution in [0, 0.1) is 0 Å². The van der Waals surface area contributed by atoms with Crippen LogP contribution in [-0.2, 0) is 5.54 Å². The Bertz CT molecular complexity index is 1280. The van der Waals surface area contributed by atoms with Crippen LogP contribution in [0.15, 0.2) is 71.7 Å². The van der Waals surface area contributed by atoms with Crippen molar-refractivity contribution in [3.05, 3.63) is 93.5 Å². The number of methoxy groups -OCH3 is 1. The molecular weight excluding hydrogens is 519 g/mol. The highest BCUT2D eigenvalue weighted by Gasteiger charge is 2.52. The quantitative estimate of drug-likeness (QED) is 0.222. The fourth-order valence-corrected chi connectivity index (χ4v) is 5.12. The molecule has 0 saturated carbocycles. The van der Waals surface area contributed by atoms with Gasteiger partial charge in [-0.05, 0) is 79.4 Å². The van der Waals surface area contributed by atoms with Gasteiger partial charge in [0, 0.05) is 16.1 Å². The Balaban J connectivity index is 2.01. The number of ether oxygens (including phenoxy) is 2. The molecule has 1 aliphatic rings. The number of hydrogen-bond donors (Lipinski definition) is 0. The highest BCUT2D eigenvalue weighted by Crippen LogP contribution is 2.52. The van der Waals surface area contributed by atoms with Gasteiger partial charge in [0.15, 0.2) is 0 Å². The molecule has 0 aromatic heterocycles. The zero-order chi connectivity index (χ0) is 26.0. The van der Waals surface area contributed by atoms with Crippen LogP contribution in [0.4, 0.5) is 4.79 Å². The number of carbonyl (C=O) groups excluding carboxylic acids is 1. The molecular formula is C28H27Cl3N2O3. The van der Waals surface area contributed by atoms with Crippen molar-refractivity contribution in [3.63, 3.8) is 0 Å². The van der Waals surface area contributed by atoms with Gasteiger partial charge in [-0.25, -0.2) is 0 Å². The highest BCUT2D eigenvalue weighted by atomic mass is 35.5. The zero-order valence-electron chi connectivity index (χ0n) is 20.5. The van der Waals surface area contributed by atoms with Crippen LogP contribution in [0.25, 0.3) is 0 Å². The molecule has 0 bridgehead atoms. The molecule has 0 spiro atoms. The maximum Gasteiger partial charge on any atom is 0.322 e. The smallest absolute Gasteiger partial charge is 0.322 e. The molecule has 2 unspecified atom stereocenters. The van der Waals surface area contributed by atoms with E-state index in [1.807, 2.05) is 69.3 Å². The van der Waals surface area contributed by atoms with Gasteiger partial charge in [0.1, 0.15) is 22.9 Å². The summed E-state index contributed by atoms with van der Waals surface area (Å²) in [5.41, 5.74) is 1.56. The monoisotopic (exact) mass is 544 g/mol. The van der Waals surface area contributed by atoms with Gasteiger partial charge < -0.3 is 9.47 Å². The molecule has 8 heteroatoms. The molecule has 2 atom stereocenters. The molecule has 3 aromatic rings. The van der Waals surface area contributed by atoms with Crippen molar-refractivity contribution in [1.82, 2.24) is 4.90 Å². The van der Waals surface area contributed by atoms with Crippen molar-refractivity contribution in [3.8, 4) is 11.5 Å². The van der Waals surface area contributed by atoms with Gasteiger partial charge in [-0.3, -0.25) is 14.7 Å². The molecule has 1 heterocycles. The number of halogens is 3. The molecule has 5 nitrogen and oxygen atoms in total.